The van der Waals surface area contributed by atoms with Crippen molar-refractivity contribution in [3.05, 3.63) is 72.8 Å². The van der Waals surface area contributed by atoms with Crippen LogP contribution in [0.2, 0.25) is 0 Å². The standard InChI is InChI=1S/C30H36N6O3/c1-39-18-27-23-14-16-36(28(23)22-6-2-4-8-25(22)33-27)29(37)24-7-3-5-9-26(24)34-30(38)32-20-10-12-21(13-11-20)35-17-15-31-19-35/h2,4,6,8,10-13,15,17,19,23-24,26-28,33H,3,5,7,9,14,16,18H2,1H3,(H2,32,34,38)/t23-,24+,26-,27+,28+/m1/s1. The van der Waals surface area contributed by atoms with Gasteiger partial charge in [-0.15, -0.1) is 0 Å². The van der Waals surface area contributed by atoms with Crippen LogP contribution in [-0.4, -0.2) is 58.7 Å². The lowest BCUT2D eigenvalue weighted by Crippen LogP contribution is -2.51. The summed E-state index contributed by atoms with van der Waals surface area (Å²) in [6.45, 7) is 1.33. The van der Waals surface area contributed by atoms with E-state index in [0.717, 1.165) is 50.0 Å². The number of urea groups is 1. The fourth-order valence-electron chi connectivity index (χ4n) is 6.70. The summed E-state index contributed by atoms with van der Waals surface area (Å²) < 4.78 is 7.43. The monoisotopic (exact) mass is 528 g/mol. The van der Waals surface area contributed by atoms with E-state index < -0.39 is 0 Å². The quantitative estimate of drug-likeness (QED) is 0.435. The van der Waals surface area contributed by atoms with Gasteiger partial charge >= 0.3 is 6.03 Å². The van der Waals surface area contributed by atoms with Crippen molar-refractivity contribution in [2.45, 2.75) is 50.2 Å². The van der Waals surface area contributed by atoms with Gasteiger partial charge in [-0.05, 0) is 55.2 Å². The van der Waals surface area contributed by atoms with Crippen LogP contribution in [0.4, 0.5) is 16.2 Å². The minimum Gasteiger partial charge on any atom is -0.383 e. The van der Waals surface area contributed by atoms with Crippen molar-refractivity contribution in [1.82, 2.24) is 19.8 Å². The molecule has 9 nitrogen and oxygen atoms in total. The van der Waals surface area contributed by atoms with Crippen LogP contribution in [0.3, 0.4) is 0 Å². The second-order valence-corrected chi connectivity index (χ2v) is 10.8. The number of para-hydroxylation sites is 1. The molecule has 9 heteroatoms. The second kappa shape index (κ2) is 11.1. The van der Waals surface area contributed by atoms with Gasteiger partial charge in [0.05, 0.1) is 30.9 Å². The molecule has 3 amide bonds. The van der Waals surface area contributed by atoms with E-state index in [2.05, 4.69) is 38.0 Å². The largest absolute Gasteiger partial charge is 0.383 e. The minimum absolute atomic E-state index is 0.0283. The second-order valence-electron chi connectivity index (χ2n) is 10.8. The molecule has 6 rings (SSSR count). The van der Waals surface area contributed by atoms with E-state index in [0.29, 0.717) is 18.2 Å². The number of carbonyl (C=O) groups excluding carboxylic acids is 2. The number of amides is 3. The smallest absolute Gasteiger partial charge is 0.319 e. The van der Waals surface area contributed by atoms with Crippen molar-refractivity contribution < 1.29 is 14.3 Å². The third kappa shape index (κ3) is 5.11. The normalized spacial score (nSPS) is 25.8. The van der Waals surface area contributed by atoms with Gasteiger partial charge in [-0.1, -0.05) is 31.0 Å². The first-order chi connectivity index (χ1) is 19.1. The van der Waals surface area contributed by atoms with Gasteiger partial charge in [-0.3, -0.25) is 4.79 Å². The molecule has 0 spiro atoms. The van der Waals surface area contributed by atoms with E-state index >= 15 is 0 Å². The van der Waals surface area contributed by atoms with Gasteiger partial charge in [-0.2, -0.15) is 0 Å². The summed E-state index contributed by atoms with van der Waals surface area (Å²) in [5.41, 5.74) is 3.93. The molecule has 2 aromatic carbocycles. The van der Waals surface area contributed by atoms with Gasteiger partial charge < -0.3 is 30.2 Å². The summed E-state index contributed by atoms with van der Waals surface area (Å²) in [5, 5.41) is 9.73. The van der Waals surface area contributed by atoms with Crippen LogP contribution < -0.4 is 16.0 Å². The van der Waals surface area contributed by atoms with Crippen LogP contribution in [0.1, 0.15) is 43.7 Å². The molecule has 0 radical (unpaired) electrons. The van der Waals surface area contributed by atoms with Gasteiger partial charge in [0.1, 0.15) is 0 Å². The first-order valence-corrected chi connectivity index (χ1v) is 13.9. The Bertz CT molecular complexity index is 1290. The number of aromatic nitrogens is 2. The highest BCUT2D eigenvalue weighted by atomic mass is 16.5. The fourth-order valence-corrected chi connectivity index (χ4v) is 6.70. The van der Waals surface area contributed by atoms with Gasteiger partial charge in [0, 0.05) is 55.1 Å². The van der Waals surface area contributed by atoms with E-state index in [1.165, 1.54) is 5.56 Å². The predicted molar refractivity (Wildman–Crippen MR) is 150 cm³/mol. The average Bonchev–Trinajstić information content (AvgIpc) is 3.65. The summed E-state index contributed by atoms with van der Waals surface area (Å²) in [4.78, 5) is 33.3. The molecule has 3 heterocycles. The number of likely N-dealkylation sites (tertiary alicyclic amines) is 1. The summed E-state index contributed by atoms with van der Waals surface area (Å²) in [6, 6.07) is 15.6. The summed E-state index contributed by atoms with van der Waals surface area (Å²) in [7, 11) is 1.73. The van der Waals surface area contributed by atoms with Crippen LogP contribution in [0.25, 0.3) is 5.69 Å². The van der Waals surface area contributed by atoms with Gasteiger partial charge in [0.25, 0.3) is 0 Å². The van der Waals surface area contributed by atoms with Crippen molar-refractivity contribution in [1.29, 1.82) is 0 Å². The van der Waals surface area contributed by atoms with Crippen molar-refractivity contribution in [2.75, 3.05) is 30.9 Å². The number of imidazole rings is 1. The van der Waals surface area contributed by atoms with E-state index in [4.69, 9.17) is 4.74 Å². The molecule has 3 aromatic rings. The number of hydrogen-bond donors (Lipinski definition) is 3. The van der Waals surface area contributed by atoms with E-state index in [9.17, 15) is 9.59 Å². The highest BCUT2D eigenvalue weighted by Crippen LogP contribution is 2.47. The van der Waals surface area contributed by atoms with Crippen molar-refractivity contribution in [3.63, 3.8) is 0 Å². The number of anilines is 2. The molecule has 204 valence electrons. The van der Waals surface area contributed by atoms with Crippen LogP contribution in [0, 0.1) is 11.8 Å². The topological polar surface area (TPSA) is 101 Å². The molecular weight excluding hydrogens is 492 g/mol. The SMILES string of the molecule is COC[C@@H]1Nc2ccccc2[C@H]2[C@@H]1CCN2C(=O)[C@H]1CCCC[C@H]1NC(=O)Nc1ccc(-n2ccnc2)cc1. The Hall–Kier alpha value is -3.85. The van der Waals surface area contributed by atoms with Gasteiger partial charge in [0.2, 0.25) is 5.91 Å². The first kappa shape index (κ1) is 25.4. The number of methoxy groups -OCH3 is 1. The molecule has 0 unspecified atom stereocenters. The number of fused-ring (bicyclic) bond motifs is 3. The Balaban J connectivity index is 1.15. The molecular formula is C30H36N6O3. The van der Waals surface area contributed by atoms with Gasteiger partial charge in [0.15, 0.2) is 0 Å². The number of benzene rings is 2. The van der Waals surface area contributed by atoms with Crippen LogP contribution in [-0.2, 0) is 9.53 Å². The maximum atomic E-state index is 14.1. The molecule has 5 atom stereocenters. The van der Waals surface area contributed by atoms with Crippen LogP contribution in [0.15, 0.2) is 67.3 Å². The number of hydrogen-bond acceptors (Lipinski definition) is 5. The Labute approximate surface area is 228 Å². The fraction of sp³-hybridized carbons (Fsp3) is 0.433. The van der Waals surface area contributed by atoms with Crippen molar-refractivity contribution in [2.24, 2.45) is 11.8 Å². The lowest BCUT2D eigenvalue weighted by molar-refractivity contribution is -0.138. The van der Waals surface area contributed by atoms with Crippen LogP contribution >= 0.6 is 0 Å². The number of nitrogens with zero attached hydrogens (tertiary/aromatic N) is 3. The van der Waals surface area contributed by atoms with Crippen LogP contribution in [0.5, 0.6) is 0 Å². The zero-order valence-corrected chi connectivity index (χ0v) is 22.3. The molecule has 2 aliphatic heterocycles. The minimum atomic E-state index is -0.276. The number of nitrogens with one attached hydrogen (secondary N) is 3. The molecule has 1 saturated heterocycles. The first-order valence-electron chi connectivity index (χ1n) is 13.9. The maximum absolute atomic E-state index is 14.1. The zero-order valence-electron chi connectivity index (χ0n) is 22.3. The molecule has 39 heavy (non-hydrogen) atoms. The van der Waals surface area contributed by atoms with E-state index in [1.807, 2.05) is 47.2 Å². The van der Waals surface area contributed by atoms with E-state index in [1.54, 1.807) is 19.6 Å². The lowest BCUT2D eigenvalue weighted by atomic mass is 9.81. The molecule has 1 saturated carbocycles. The molecule has 3 N–H and O–H groups in total. The van der Waals surface area contributed by atoms with E-state index in [-0.39, 0.29) is 36.0 Å². The Morgan fingerprint density at radius 2 is 1.90 bits per heavy atom. The maximum Gasteiger partial charge on any atom is 0.319 e. The Kier molecular flexibility index (Phi) is 7.24. The lowest BCUT2D eigenvalue weighted by Gasteiger charge is -2.41. The Morgan fingerprint density at radius 3 is 2.69 bits per heavy atom. The predicted octanol–water partition coefficient (Wildman–Crippen LogP) is 4.58. The third-order valence-electron chi connectivity index (χ3n) is 8.54. The zero-order chi connectivity index (χ0) is 26.8. The summed E-state index contributed by atoms with van der Waals surface area (Å²) in [5.74, 6) is 0.229. The molecule has 2 fully saturated rings. The highest BCUT2D eigenvalue weighted by Gasteiger charge is 2.48. The van der Waals surface area contributed by atoms with Gasteiger partial charge in [-0.25, -0.2) is 9.78 Å². The highest BCUT2D eigenvalue weighted by molar-refractivity contribution is 5.90. The summed E-state index contributed by atoms with van der Waals surface area (Å²) in [6.07, 6.45) is 9.86. The van der Waals surface area contributed by atoms with Crippen molar-refractivity contribution in [3.8, 4) is 5.69 Å². The molecule has 1 aliphatic carbocycles. The number of rotatable bonds is 6. The molecule has 3 aliphatic rings. The number of ether oxygens (including phenoxy) is 1. The number of carbonyl (C=O) groups is 2. The molecule has 1 aromatic heterocycles. The van der Waals surface area contributed by atoms with Crippen molar-refractivity contribution >= 4 is 23.3 Å². The Morgan fingerprint density at radius 1 is 1.08 bits per heavy atom. The third-order valence-corrected chi connectivity index (χ3v) is 8.54. The average molecular weight is 529 g/mol. The summed E-state index contributed by atoms with van der Waals surface area (Å²) >= 11 is 0. The molecule has 0 bridgehead atoms.